The third-order valence-corrected chi connectivity index (χ3v) is 2.92. The summed E-state index contributed by atoms with van der Waals surface area (Å²) in [6.07, 6.45) is 0. The normalized spacial score (nSPS) is 10.1. The standard InChI is InChI=1S/C15H16ClNO/c1-17(14-7-5-6-13(16)12-14)10-11-18-15-8-3-2-4-9-15/h2-9,12H,10-11H2,1H3. The van der Waals surface area contributed by atoms with Gasteiger partial charge in [-0.2, -0.15) is 0 Å². The SMILES string of the molecule is CN(CCOc1ccccc1)c1cccc(Cl)c1. The van der Waals surface area contributed by atoms with Gasteiger partial charge < -0.3 is 9.64 Å². The Bertz CT molecular complexity index is 487. The average Bonchev–Trinajstić information content (AvgIpc) is 2.40. The number of likely N-dealkylation sites (N-methyl/N-ethyl adjacent to an activating group) is 1. The van der Waals surface area contributed by atoms with Crippen LogP contribution in [0.25, 0.3) is 0 Å². The van der Waals surface area contributed by atoms with E-state index < -0.39 is 0 Å². The Morgan fingerprint density at radius 3 is 2.56 bits per heavy atom. The summed E-state index contributed by atoms with van der Waals surface area (Å²) in [5.41, 5.74) is 1.10. The van der Waals surface area contributed by atoms with E-state index in [-0.39, 0.29) is 0 Å². The van der Waals surface area contributed by atoms with Gasteiger partial charge in [0.15, 0.2) is 0 Å². The maximum Gasteiger partial charge on any atom is 0.119 e. The number of ether oxygens (including phenoxy) is 1. The highest BCUT2D eigenvalue weighted by Gasteiger charge is 2.01. The van der Waals surface area contributed by atoms with Gasteiger partial charge in [-0.05, 0) is 30.3 Å². The van der Waals surface area contributed by atoms with E-state index in [1.54, 1.807) is 0 Å². The van der Waals surface area contributed by atoms with Crippen LogP contribution < -0.4 is 9.64 Å². The molecule has 0 heterocycles. The molecule has 0 aromatic heterocycles. The zero-order chi connectivity index (χ0) is 12.8. The number of hydrogen-bond acceptors (Lipinski definition) is 2. The van der Waals surface area contributed by atoms with Gasteiger partial charge in [-0.1, -0.05) is 35.9 Å². The molecule has 0 atom stereocenters. The molecule has 2 nitrogen and oxygen atoms in total. The van der Waals surface area contributed by atoms with Crippen LogP contribution >= 0.6 is 11.6 Å². The Hall–Kier alpha value is -1.67. The first-order chi connectivity index (χ1) is 8.75. The molecule has 2 aromatic rings. The van der Waals surface area contributed by atoms with E-state index >= 15 is 0 Å². The van der Waals surface area contributed by atoms with Crippen LogP contribution in [-0.2, 0) is 0 Å². The molecule has 0 saturated heterocycles. The fourth-order valence-electron chi connectivity index (χ4n) is 1.66. The average molecular weight is 262 g/mol. The highest BCUT2D eigenvalue weighted by molar-refractivity contribution is 6.30. The van der Waals surface area contributed by atoms with E-state index in [0.717, 1.165) is 23.0 Å². The van der Waals surface area contributed by atoms with Crippen LogP contribution in [0, 0.1) is 0 Å². The molecule has 94 valence electrons. The lowest BCUT2D eigenvalue weighted by Crippen LogP contribution is -2.23. The van der Waals surface area contributed by atoms with Crippen molar-refractivity contribution in [3.63, 3.8) is 0 Å². The van der Waals surface area contributed by atoms with E-state index in [1.807, 2.05) is 61.6 Å². The van der Waals surface area contributed by atoms with Crippen molar-refractivity contribution in [3.05, 3.63) is 59.6 Å². The molecule has 0 saturated carbocycles. The lowest BCUT2D eigenvalue weighted by atomic mass is 10.3. The number of nitrogens with zero attached hydrogens (tertiary/aromatic N) is 1. The van der Waals surface area contributed by atoms with Gasteiger partial charge in [0.25, 0.3) is 0 Å². The summed E-state index contributed by atoms with van der Waals surface area (Å²) >= 11 is 5.96. The van der Waals surface area contributed by atoms with Gasteiger partial charge in [0.05, 0.1) is 6.54 Å². The minimum Gasteiger partial charge on any atom is -0.492 e. The van der Waals surface area contributed by atoms with Gasteiger partial charge in [0, 0.05) is 17.8 Å². The Kier molecular flexibility index (Phi) is 4.48. The van der Waals surface area contributed by atoms with E-state index in [2.05, 4.69) is 4.90 Å². The van der Waals surface area contributed by atoms with Crippen molar-refractivity contribution in [1.29, 1.82) is 0 Å². The third kappa shape index (κ3) is 3.67. The van der Waals surface area contributed by atoms with E-state index in [4.69, 9.17) is 16.3 Å². The second kappa shape index (κ2) is 6.31. The van der Waals surface area contributed by atoms with Crippen molar-refractivity contribution in [2.75, 3.05) is 25.1 Å². The first kappa shape index (κ1) is 12.8. The molecular formula is C15H16ClNO. The van der Waals surface area contributed by atoms with Crippen molar-refractivity contribution >= 4 is 17.3 Å². The highest BCUT2D eigenvalue weighted by Crippen LogP contribution is 2.18. The molecule has 0 aliphatic rings. The smallest absolute Gasteiger partial charge is 0.119 e. The molecule has 0 fully saturated rings. The molecular weight excluding hydrogens is 246 g/mol. The number of rotatable bonds is 5. The Morgan fingerprint density at radius 2 is 1.83 bits per heavy atom. The zero-order valence-electron chi connectivity index (χ0n) is 10.3. The van der Waals surface area contributed by atoms with Crippen LogP contribution in [0.1, 0.15) is 0 Å². The summed E-state index contributed by atoms with van der Waals surface area (Å²) in [5, 5.41) is 0.753. The largest absolute Gasteiger partial charge is 0.492 e. The number of halogens is 1. The molecule has 18 heavy (non-hydrogen) atoms. The van der Waals surface area contributed by atoms with Crippen LogP contribution in [0.5, 0.6) is 5.75 Å². The summed E-state index contributed by atoms with van der Waals surface area (Å²) in [4.78, 5) is 2.12. The molecule has 2 aromatic carbocycles. The summed E-state index contributed by atoms with van der Waals surface area (Å²) in [6.45, 7) is 1.46. The number of anilines is 1. The first-order valence-corrected chi connectivity index (χ1v) is 6.28. The monoisotopic (exact) mass is 261 g/mol. The van der Waals surface area contributed by atoms with Crippen LogP contribution in [0.4, 0.5) is 5.69 Å². The fourth-order valence-corrected chi connectivity index (χ4v) is 1.84. The third-order valence-electron chi connectivity index (χ3n) is 2.69. The van der Waals surface area contributed by atoms with Gasteiger partial charge in [-0.3, -0.25) is 0 Å². The Labute approximate surface area is 113 Å². The van der Waals surface area contributed by atoms with Gasteiger partial charge in [-0.25, -0.2) is 0 Å². The van der Waals surface area contributed by atoms with Crippen LogP contribution in [-0.4, -0.2) is 20.2 Å². The molecule has 0 aliphatic heterocycles. The molecule has 0 spiro atoms. The zero-order valence-corrected chi connectivity index (χ0v) is 11.1. The topological polar surface area (TPSA) is 12.5 Å². The summed E-state index contributed by atoms with van der Waals surface area (Å²) in [5.74, 6) is 0.900. The maximum atomic E-state index is 5.96. The van der Waals surface area contributed by atoms with E-state index in [9.17, 15) is 0 Å². The molecule has 0 amide bonds. The van der Waals surface area contributed by atoms with E-state index in [1.165, 1.54) is 0 Å². The second-order valence-electron chi connectivity index (χ2n) is 4.06. The molecule has 0 radical (unpaired) electrons. The lowest BCUT2D eigenvalue weighted by Gasteiger charge is -2.19. The number of benzene rings is 2. The summed E-state index contributed by atoms with van der Waals surface area (Å²) in [7, 11) is 2.03. The quantitative estimate of drug-likeness (QED) is 0.811. The minimum atomic E-state index is 0.646. The Balaban J connectivity index is 1.83. The highest BCUT2D eigenvalue weighted by atomic mass is 35.5. The van der Waals surface area contributed by atoms with Crippen LogP contribution in [0.15, 0.2) is 54.6 Å². The van der Waals surface area contributed by atoms with Gasteiger partial charge in [0.1, 0.15) is 12.4 Å². The van der Waals surface area contributed by atoms with Gasteiger partial charge in [0.2, 0.25) is 0 Å². The maximum absolute atomic E-state index is 5.96. The predicted octanol–water partition coefficient (Wildman–Crippen LogP) is 3.86. The molecule has 0 aliphatic carbocycles. The van der Waals surface area contributed by atoms with Crippen LogP contribution in [0.2, 0.25) is 5.02 Å². The lowest BCUT2D eigenvalue weighted by molar-refractivity contribution is 0.326. The summed E-state index contributed by atoms with van der Waals surface area (Å²) < 4.78 is 5.65. The molecule has 3 heteroatoms. The van der Waals surface area contributed by atoms with Crippen molar-refractivity contribution in [3.8, 4) is 5.75 Å². The molecule has 0 N–H and O–H groups in total. The predicted molar refractivity (Wildman–Crippen MR) is 76.7 cm³/mol. The number of hydrogen-bond donors (Lipinski definition) is 0. The second-order valence-corrected chi connectivity index (χ2v) is 4.50. The molecule has 0 bridgehead atoms. The van der Waals surface area contributed by atoms with E-state index in [0.29, 0.717) is 6.61 Å². The minimum absolute atomic E-state index is 0.646. The number of para-hydroxylation sites is 1. The van der Waals surface area contributed by atoms with Crippen molar-refractivity contribution < 1.29 is 4.74 Å². The van der Waals surface area contributed by atoms with Gasteiger partial charge >= 0.3 is 0 Å². The Morgan fingerprint density at radius 1 is 1.06 bits per heavy atom. The van der Waals surface area contributed by atoms with Crippen molar-refractivity contribution in [2.45, 2.75) is 0 Å². The first-order valence-electron chi connectivity index (χ1n) is 5.90. The van der Waals surface area contributed by atoms with Gasteiger partial charge in [-0.15, -0.1) is 0 Å². The fraction of sp³-hybridized carbons (Fsp3) is 0.200. The van der Waals surface area contributed by atoms with Crippen molar-refractivity contribution in [1.82, 2.24) is 0 Å². The summed E-state index contributed by atoms with van der Waals surface area (Å²) in [6, 6.07) is 17.6. The van der Waals surface area contributed by atoms with Crippen LogP contribution in [0.3, 0.4) is 0 Å². The molecule has 0 unspecified atom stereocenters. The molecule has 2 rings (SSSR count). The van der Waals surface area contributed by atoms with Crippen molar-refractivity contribution in [2.24, 2.45) is 0 Å².